The molecule has 5 heteroatoms. The summed E-state index contributed by atoms with van der Waals surface area (Å²) in [5.74, 6) is -0.0265. The normalized spacial score (nSPS) is 20.3. The monoisotopic (exact) mass is 301 g/mol. The second-order valence-electron chi connectivity index (χ2n) is 4.83. The van der Waals surface area contributed by atoms with Gasteiger partial charge in [0.2, 0.25) is 5.91 Å². The summed E-state index contributed by atoms with van der Waals surface area (Å²) in [6.45, 7) is 2.76. The number of hydrogen-bond donors (Lipinski definition) is 1. The van der Waals surface area contributed by atoms with E-state index in [0.717, 1.165) is 25.0 Å². The Hall–Kier alpha value is -0.770. The first-order valence-corrected chi connectivity index (χ1v) is 7.17. The first kappa shape index (κ1) is 14.6. The molecule has 1 amide bonds. The van der Waals surface area contributed by atoms with Crippen molar-refractivity contribution in [2.45, 2.75) is 38.3 Å². The van der Waals surface area contributed by atoms with Gasteiger partial charge in [-0.3, -0.25) is 4.79 Å². The summed E-state index contributed by atoms with van der Waals surface area (Å²) < 4.78 is 5.55. The van der Waals surface area contributed by atoms with Crippen LogP contribution in [0.2, 0.25) is 10.0 Å². The van der Waals surface area contributed by atoms with Gasteiger partial charge >= 0.3 is 0 Å². The summed E-state index contributed by atoms with van der Waals surface area (Å²) in [6, 6.07) is 5.28. The molecule has 0 radical (unpaired) electrons. The Morgan fingerprint density at radius 3 is 2.89 bits per heavy atom. The average molecular weight is 302 g/mol. The lowest BCUT2D eigenvalue weighted by Crippen LogP contribution is -2.41. The van der Waals surface area contributed by atoms with Crippen molar-refractivity contribution in [3.63, 3.8) is 0 Å². The van der Waals surface area contributed by atoms with Gasteiger partial charge in [0.1, 0.15) is 0 Å². The summed E-state index contributed by atoms with van der Waals surface area (Å²) >= 11 is 11.8. The molecule has 3 nitrogen and oxygen atoms in total. The number of ether oxygens (including phenoxy) is 1. The van der Waals surface area contributed by atoms with Crippen LogP contribution in [0.25, 0.3) is 0 Å². The van der Waals surface area contributed by atoms with Crippen molar-refractivity contribution < 1.29 is 9.53 Å². The van der Waals surface area contributed by atoms with Gasteiger partial charge in [0, 0.05) is 6.61 Å². The molecular formula is C14H17Cl2NO2. The van der Waals surface area contributed by atoms with Gasteiger partial charge in [-0.2, -0.15) is 0 Å². The van der Waals surface area contributed by atoms with E-state index < -0.39 is 0 Å². The molecule has 19 heavy (non-hydrogen) atoms. The van der Waals surface area contributed by atoms with Crippen LogP contribution < -0.4 is 5.32 Å². The van der Waals surface area contributed by atoms with Crippen molar-refractivity contribution in [3.8, 4) is 0 Å². The summed E-state index contributed by atoms with van der Waals surface area (Å²) in [4.78, 5) is 11.9. The predicted molar refractivity (Wildman–Crippen MR) is 76.7 cm³/mol. The Balaban J connectivity index is 1.88. The zero-order valence-electron chi connectivity index (χ0n) is 10.8. The fraction of sp³-hybridized carbons (Fsp3) is 0.500. The third kappa shape index (κ3) is 4.10. The van der Waals surface area contributed by atoms with Crippen LogP contribution in [-0.4, -0.2) is 24.7 Å². The van der Waals surface area contributed by atoms with E-state index in [9.17, 15) is 4.79 Å². The average Bonchev–Trinajstić information content (AvgIpc) is 2.87. The Labute approximate surface area is 123 Å². The lowest BCUT2D eigenvalue weighted by atomic mass is 10.1. The molecule has 1 aliphatic rings. The van der Waals surface area contributed by atoms with Crippen molar-refractivity contribution in [1.82, 2.24) is 5.32 Å². The van der Waals surface area contributed by atoms with Crippen LogP contribution in [0.1, 0.15) is 25.3 Å². The van der Waals surface area contributed by atoms with E-state index in [2.05, 4.69) is 5.32 Å². The minimum Gasteiger partial charge on any atom is -0.376 e. The fourth-order valence-corrected chi connectivity index (χ4v) is 2.55. The maximum absolute atomic E-state index is 11.9. The van der Waals surface area contributed by atoms with Crippen molar-refractivity contribution in [2.75, 3.05) is 6.61 Å². The number of carbonyl (C=O) groups excluding carboxylic acids is 1. The van der Waals surface area contributed by atoms with Crippen molar-refractivity contribution >= 4 is 29.1 Å². The predicted octanol–water partition coefficient (Wildman–Crippen LogP) is 3.22. The van der Waals surface area contributed by atoms with Gasteiger partial charge in [-0.05, 0) is 37.5 Å². The number of hydrogen-bond acceptors (Lipinski definition) is 2. The van der Waals surface area contributed by atoms with Gasteiger partial charge in [-0.25, -0.2) is 0 Å². The highest BCUT2D eigenvalue weighted by molar-refractivity contribution is 6.42. The minimum atomic E-state index is -0.0265. The van der Waals surface area contributed by atoms with Crippen molar-refractivity contribution in [3.05, 3.63) is 33.8 Å². The maximum atomic E-state index is 11.9. The lowest BCUT2D eigenvalue weighted by Gasteiger charge is -2.20. The molecule has 1 heterocycles. The highest BCUT2D eigenvalue weighted by atomic mass is 35.5. The topological polar surface area (TPSA) is 38.3 Å². The van der Waals surface area contributed by atoms with Gasteiger partial charge < -0.3 is 10.1 Å². The van der Waals surface area contributed by atoms with E-state index in [-0.39, 0.29) is 18.1 Å². The Morgan fingerprint density at radius 2 is 2.26 bits per heavy atom. The third-order valence-electron chi connectivity index (χ3n) is 3.26. The molecule has 1 N–H and O–H groups in total. The highest BCUT2D eigenvalue weighted by Gasteiger charge is 2.23. The number of halogens is 2. The van der Waals surface area contributed by atoms with Crippen LogP contribution in [-0.2, 0) is 16.0 Å². The minimum absolute atomic E-state index is 0.0265. The van der Waals surface area contributed by atoms with Gasteiger partial charge in [0.25, 0.3) is 0 Å². The molecule has 0 saturated carbocycles. The largest absolute Gasteiger partial charge is 0.376 e. The SMILES string of the molecule is C[C@@H](NC(=O)Cc1ccc(Cl)c(Cl)c1)[C@@H]1CCCO1. The standard InChI is InChI=1S/C14H17Cl2NO2/c1-9(13-3-2-6-19-13)17-14(18)8-10-4-5-11(15)12(16)7-10/h4-5,7,9,13H,2-3,6,8H2,1H3,(H,17,18)/t9-,13+/m1/s1. The number of rotatable bonds is 4. The first-order chi connectivity index (χ1) is 9.06. The molecule has 0 bridgehead atoms. The molecule has 2 atom stereocenters. The maximum Gasteiger partial charge on any atom is 0.224 e. The van der Waals surface area contributed by atoms with Crippen LogP contribution in [0.5, 0.6) is 0 Å². The van der Waals surface area contributed by atoms with E-state index in [1.165, 1.54) is 0 Å². The summed E-state index contributed by atoms with van der Waals surface area (Å²) in [7, 11) is 0. The quantitative estimate of drug-likeness (QED) is 0.927. The van der Waals surface area contributed by atoms with Crippen LogP contribution >= 0.6 is 23.2 Å². The molecule has 104 valence electrons. The first-order valence-electron chi connectivity index (χ1n) is 6.41. The molecule has 1 saturated heterocycles. The number of benzene rings is 1. The number of carbonyl (C=O) groups is 1. The molecule has 0 spiro atoms. The lowest BCUT2D eigenvalue weighted by molar-refractivity contribution is -0.121. The van der Waals surface area contributed by atoms with E-state index in [4.69, 9.17) is 27.9 Å². The zero-order chi connectivity index (χ0) is 13.8. The van der Waals surface area contributed by atoms with Gasteiger partial charge in [0.05, 0.1) is 28.6 Å². The smallest absolute Gasteiger partial charge is 0.224 e. The second-order valence-corrected chi connectivity index (χ2v) is 5.65. The Morgan fingerprint density at radius 1 is 1.47 bits per heavy atom. The highest BCUT2D eigenvalue weighted by Crippen LogP contribution is 2.23. The van der Waals surface area contributed by atoms with Crippen molar-refractivity contribution in [1.29, 1.82) is 0 Å². The molecular weight excluding hydrogens is 285 g/mol. The Bertz CT molecular complexity index is 459. The number of nitrogens with one attached hydrogen (secondary N) is 1. The van der Waals surface area contributed by atoms with Crippen LogP contribution in [0.3, 0.4) is 0 Å². The molecule has 0 aliphatic carbocycles. The van der Waals surface area contributed by atoms with Gasteiger partial charge in [-0.15, -0.1) is 0 Å². The summed E-state index contributed by atoms with van der Waals surface area (Å²) in [6.07, 6.45) is 2.51. The van der Waals surface area contributed by atoms with Gasteiger partial charge in [-0.1, -0.05) is 29.3 Å². The molecule has 1 aromatic rings. The number of amides is 1. The van der Waals surface area contributed by atoms with Crippen LogP contribution in [0, 0.1) is 0 Å². The van der Waals surface area contributed by atoms with Crippen LogP contribution in [0.15, 0.2) is 18.2 Å². The molecule has 1 fully saturated rings. The molecule has 1 aromatic carbocycles. The molecule has 0 unspecified atom stereocenters. The third-order valence-corrected chi connectivity index (χ3v) is 4.00. The van der Waals surface area contributed by atoms with E-state index in [1.54, 1.807) is 12.1 Å². The van der Waals surface area contributed by atoms with Crippen molar-refractivity contribution in [2.24, 2.45) is 0 Å². The van der Waals surface area contributed by atoms with E-state index in [1.807, 2.05) is 13.0 Å². The van der Waals surface area contributed by atoms with Gasteiger partial charge in [0.15, 0.2) is 0 Å². The molecule has 1 aliphatic heterocycles. The van der Waals surface area contributed by atoms with E-state index >= 15 is 0 Å². The fourth-order valence-electron chi connectivity index (χ4n) is 2.23. The summed E-state index contributed by atoms with van der Waals surface area (Å²) in [5, 5.41) is 3.93. The summed E-state index contributed by atoms with van der Waals surface area (Å²) in [5.41, 5.74) is 0.853. The zero-order valence-corrected chi connectivity index (χ0v) is 12.3. The molecule has 0 aromatic heterocycles. The molecule has 2 rings (SSSR count). The Kier molecular flexibility index (Phi) is 5.08. The van der Waals surface area contributed by atoms with Crippen LogP contribution in [0.4, 0.5) is 0 Å². The second kappa shape index (κ2) is 6.60. The van der Waals surface area contributed by atoms with E-state index in [0.29, 0.717) is 16.5 Å².